The van der Waals surface area contributed by atoms with Gasteiger partial charge in [0, 0.05) is 35.7 Å². The van der Waals surface area contributed by atoms with Crippen molar-refractivity contribution in [2.24, 2.45) is 7.05 Å². The molecule has 0 aliphatic carbocycles. The van der Waals surface area contributed by atoms with Gasteiger partial charge >= 0.3 is 0 Å². The molecule has 1 saturated heterocycles. The monoisotopic (exact) mass is 400 g/mol. The number of anilines is 1. The van der Waals surface area contributed by atoms with Crippen molar-refractivity contribution in [2.75, 3.05) is 18.4 Å². The third-order valence-electron chi connectivity index (χ3n) is 4.06. The molecule has 140 valence electrons. The van der Waals surface area contributed by atoms with Crippen LogP contribution < -0.4 is 10.6 Å². The normalized spacial score (nSPS) is 14.5. The average molecular weight is 401 g/mol. The number of aryl methyl sites for hydroxylation is 1. The summed E-state index contributed by atoms with van der Waals surface area (Å²) in [7, 11) is 1.69. The predicted octanol–water partition coefficient (Wildman–Crippen LogP) is 2.52. The van der Waals surface area contributed by atoms with Crippen LogP contribution in [-0.2, 0) is 7.05 Å². The summed E-state index contributed by atoms with van der Waals surface area (Å²) in [6, 6.07) is 3.73. The van der Waals surface area contributed by atoms with Crippen molar-refractivity contribution >= 4 is 41.6 Å². The molecule has 3 rings (SSSR count). The number of carbonyl (C=O) groups is 1. The lowest BCUT2D eigenvalue weighted by Crippen LogP contribution is -2.27. The Morgan fingerprint density at radius 2 is 2.08 bits per heavy atom. The van der Waals surface area contributed by atoms with E-state index >= 15 is 0 Å². The van der Waals surface area contributed by atoms with E-state index in [9.17, 15) is 14.9 Å². The maximum Gasteiger partial charge on any atom is 0.271 e. The summed E-state index contributed by atoms with van der Waals surface area (Å²) < 4.78 is 1.49. The molecule has 2 aromatic rings. The molecule has 0 radical (unpaired) electrons. The fourth-order valence-corrected chi connectivity index (χ4v) is 2.98. The Morgan fingerprint density at radius 3 is 2.73 bits per heavy atom. The molecule has 1 aromatic heterocycles. The first-order valence-corrected chi connectivity index (χ1v) is 8.20. The number of carbonyl (C=O) groups excluding carboxylic acids is 1. The first-order chi connectivity index (χ1) is 11.9. The summed E-state index contributed by atoms with van der Waals surface area (Å²) in [5.41, 5.74) is -0.156. The number of non-ortho nitro benzene ring substituents is 1. The van der Waals surface area contributed by atoms with Gasteiger partial charge in [-0.25, -0.2) is 4.68 Å². The Bertz CT molecular complexity index is 820. The molecule has 1 amide bonds. The van der Waals surface area contributed by atoms with Crippen LogP contribution >= 0.6 is 24.0 Å². The molecule has 0 unspecified atom stereocenters. The Morgan fingerprint density at radius 1 is 1.38 bits per heavy atom. The summed E-state index contributed by atoms with van der Waals surface area (Å²) in [5.74, 6) is 0.709. The number of rotatable bonds is 4. The molecule has 9 nitrogen and oxygen atoms in total. The van der Waals surface area contributed by atoms with Gasteiger partial charge in [-0.05, 0) is 32.0 Å². The maximum absolute atomic E-state index is 12.4. The highest BCUT2D eigenvalue weighted by Gasteiger charge is 2.22. The molecule has 0 atom stereocenters. The van der Waals surface area contributed by atoms with Gasteiger partial charge in [-0.15, -0.1) is 12.4 Å². The summed E-state index contributed by atoms with van der Waals surface area (Å²) in [4.78, 5) is 27.1. The number of nitrogens with one attached hydrogen (secondary N) is 2. The average Bonchev–Trinajstić information content (AvgIpc) is 2.96. The van der Waals surface area contributed by atoms with Crippen molar-refractivity contribution in [3.63, 3.8) is 0 Å². The second kappa shape index (κ2) is 8.43. The van der Waals surface area contributed by atoms with E-state index in [-0.39, 0.29) is 34.6 Å². The number of hydrogen-bond acceptors (Lipinski definition) is 6. The molecule has 2 N–H and O–H groups in total. The van der Waals surface area contributed by atoms with E-state index in [1.54, 1.807) is 7.05 Å². The van der Waals surface area contributed by atoms with Crippen LogP contribution in [0.2, 0.25) is 5.02 Å². The van der Waals surface area contributed by atoms with Crippen LogP contribution in [0.4, 0.5) is 11.6 Å². The highest BCUT2D eigenvalue weighted by molar-refractivity contribution is 6.31. The van der Waals surface area contributed by atoms with Gasteiger partial charge in [0.1, 0.15) is 0 Å². The van der Waals surface area contributed by atoms with Gasteiger partial charge in [-0.1, -0.05) is 11.6 Å². The number of hydrogen-bond donors (Lipinski definition) is 2. The molecular weight excluding hydrogens is 383 g/mol. The Labute approximate surface area is 160 Å². The highest BCUT2D eigenvalue weighted by atomic mass is 35.5. The fourth-order valence-electron chi connectivity index (χ4n) is 2.75. The molecule has 11 heteroatoms. The van der Waals surface area contributed by atoms with E-state index in [4.69, 9.17) is 11.6 Å². The highest BCUT2D eigenvalue weighted by Crippen LogP contribution is 2.24. The smallest absolute Gasteiger partial charge is 0.271 e. The van der Waals surface area contributed by atoms with Crippen LogP contribution in [0.25, 0.3) is 0 Å². The number of nitro groups is 1. The molecule has 1 aromatic carbocycles. The minimum atomic E-state index is -0.597. The number of aromatic nitrogens is 3. The van der Waals surface area contributed by atoms with Crippen LogP contribution in [0.5, 0.6) is 0 Å². The van der Waals surface area contributed by atoms with Crippen LogP contribution in [0.1, 0.15) is 34.9 Å². The number of benzene rings is 1. The zero-order chi connectivity index (χ0) is 18.0. The van der Waals surface area contributed by atoms with Crippen molar-refractivity contribution in [3.05, 3.63) is 44.7 Å². The van der Waals surface area contributed by atoms with E-state index < -0.39 is 10.8 Å². The molecule has 1 fully saturated rings. The van der Waals surface area contributed by atoms with Crippen LogP contribution in [0.3, 0.4) is 0 Å². The van der Waals surface area contributed by atoms with Gasteiger partial charge < -0.3 is 5.32 Å². The van der Waals surface area contributed by atoms with Crippen LogP contribution in [-0.4, -0.2) is 38.7 Å². The van der Waals surface area contributed by atoms with E-state index in [0.29, 0.717) is 11.8 Å². The van der Waals surface area contributed by atoms with Gasteiger partial charge in [0.25, 0.3) is 11.6 Å². The van der Waals surface area contributed by atoms with Crippen molar-refractivity contribution in [2.45, 2.75) is 18.8 Å². The summed E-state index contributed by atoms with van der Waals surface area (Å²) in [6.45, 7) is 1.83. The number of amides is 1. The summed E-state index contributed by atoms with van der Waals surface area (Å²) >= 11 is 5.85. The molecule has 2 heterocycles. The zero-order valence-corrected chi connectivity index (χ0v) is 15.5. The molecular formula is C15H18Cl2N6O3. The Balaban J connectivity index is 0.00000243. The lowest BCUT2D eigenvalue weighted by atomic mass is 9.98. The predicted molar refractivity (Wildman–Crippen MR) is 99.2 cm³/mol. The largest absolute Gasteiger partial charge is 0.317 e. The Kier molecular flexibility index (Phi) is 6.52. The number of nitro benzene ring substituents is 1. The quantitative estimate of drug-likeness (QED) is 0.601. The van der Waals surface area contributed by atoms with E-state index in [1.807, 2.05) is 0 Å². The second-order valence-electron chi connectivity index (χ2n) is 5.85. The molecule has 1 aliphatic rings. The summed E-state index contributed by atoms with van der Waals surface area (Å²) in [6.07, 6.45) is 1.88. The number of piperidine rings is 1. The van der Waals surface area contributed by atoms with Gasteiger partial charge in [-0.3, -0.25) is 20.2 Å². The van der Waals surface area contributed by atoms with E-state index in [0.717, 1.165) is 25.9 Å². The Hall–Kier alpha value is -2.23. The minimum Gasteiger partial charge on any atom is -0.317 e. The lowest BCUT2D eigenvalue weighted by Gasteiger charge is -2.19. The van der Waals surface area contributed by atoms with Crippen molar-refractivity contribution in [3.8, 4) is 0 Å². The second-order valence-corrected chi connectivity index (χ2v) is 6.29. The first kappa shape index (κ1) is 20.1. The molecule has 0 bridgehead atoms. The fraction of sp³-hybridized carbons (Fsp3) is 0.400. The standard InChI is InChI=1S/C15H17ClN6O3.ClH/c1-21-15(18-13(20-21)9-2-4-17-5-3-9)19-14(23)10-6-11(16)8-12(7-10)22(24)25;/h6-9,17H,2-5H2,1H3,(H,18,19,20,23);1H. The number of nitrogens with zero attached hydrogens (tertiary/aromatic N) is 4. The van der Waals surface area contributed by atoms with E-state index in [1.165, 1.54) is 22.9 Å². The van der Waals surface area contributed by atoms with Crippen molar-refractivity contribution in [1.82, 2.24) is 20.1 Å². The lowest BCUT2D eigenvalue weighted by molar-refractivity contribution is -0.384. The zero-order valence-electron chi connectivity index (χ0n) is 13.9. The van der Waals surface area contributed by atoms with Gasteiger partial charge in [0.05, 0.1) is 4.92 Å². The third-order valence-corrected chi connectivity index (χ3v) is 4.28. The summed E-state index contributed by atoms with van der Waals surface area (Å²) in [5, 5.41) is 21.3. The van der Waals surface area contributed by atoms with Gasteiger partial charge in [0.15, 0.2) is 5.82 Å². The van der Waals surface area contributed by atoms with Crippen LogP contribution in [0.15, 0.2) is 18.2 Å². The topological polar surface area (TPSA) is 115 Å². The van der Waals surface area contributed by atoms with Gasteiger partial charge in [0.2, 0.25) is 5.95 Å². The van der Waals surface area contributed by atoms with Crippen molar-refractivity contribution < 1.29 is 9.72 Å². The molecule has 26 heavy (non-hydrogen) atoms. The van der Waals surface area contributed by atoms with E-state index in [2.05, 4.69) is 20.7 Å². The maximum atomic E-state index is 12.4. The minimum absolute atomic E-state index is 0. The molecule has 0 spiro atoms. The van der Waals surface area contributed by atoms with Crippen LogP contribution in [0, 0.1) is 10.1 Å². The molecule has 0 saturated carbocycles. The third kappa shape index (κ3) is 4.48. The van der Waals surface area contributed by atoms with Crippen molar-refractivity contribution in [1.29, 1.82) is 0 Å². The first-order valence-electron chi connectivity index (χ1n) is 7.82. The van der Waals surface area contributed by atoms with Gasteiger partial charge in [-0.2, -0.15) is 10.1 Å². The molecule has 1 aliphatic heterocycles. The number of halogens is 2. The SMILES string of the molecule is Cl.Cn1nc(C2CCNCC2)nc1NC(=O)c1cc(Cl)cc([N+](=O)[O-])c1.